The van der Waals surface area contributed by atoms with Gasteiger partial charge in [-0.25, -0.2) is 4.98 Å². The minimum absolute atomic E-state index is 0.0107. The average Bonchev–Trinajstić information content (AvgIpc) is 2.76. The molecule has 0 saturated carbocycles. The number of nitrogens with one attached hydrogen (secondary N) is 1. The van der Waals surface area contributed by atoms with Crippen LogP contribution in [0.2, 0.25) is 0 Å². The van der Waals surface area contributed by atoms with Gasteiger partial charge in [0.05, 0.1) is 12.0 Å². The number of nitrogens with zero attached hydrogens (tertiary/aromatic N) is 2. The van der Waals surface area contributed by atoms with Gasteiger partial charge in [-0.3, -0.25) is 4.79 Å². The quantitative estimate of drug-likeness (QED) is 0.882. The summed E-state index contributed by atoms with van der Waals surface area (Å²) < 4.78 is 5.40. The van der Waals surface area contributed by atoms with Crippen LogP contribution in [0, 0.1) is 5.92 Å². The molecule has 1 aliphatic heterocycles. The van der Waals surface area contributed by atoms with Crippen molar-refractivity contribution in [3.8, 4) is 0 Å². The van der Waals surface area contributed by atoms with Crippen LogP contribution in [0.5, 0.6) is 0 Å². The first kappa shape index (κ1) is 12.8. The third-order valence-electron chi connectivity index (χ3n) is 3.22. The minimum Gasteiger partial charge on any atom is -0.378 e. The van der Waals surface area contributed by atoms with Gasteiger partial charge in [-0.1, -0.05) is 0 Å². The molecule has 0 aromatic carbocycles. The van der Waals surface area contributed by atoms with E-state index in [1.54, 1.807) is 6.20 Å². The summed E-state index contributed by atoms with van der Waals surface area (Å²) in [6, 6.07) is 3.76. The number of hydrogen-bond donors (Lipinski definition) is 1. The molecule has 1 fully saturated rings. The van der Waals surface area contributed by atoms with E-state index in [1.165, 1.54) is 0 Å². The molecule has 1 saturated heterocycles. The van der Waals surface area contributed by atoms with E-state index in [-0.39, 0.29) is 17.9 Å². The van der Waals surface area contributed by atoms with Crippen molar-refractivity contribution in [3.63, 3.8) is 0 Å². The van der Waals surface area contributed by atoms with Crippen LogP contribution in [0.1, 0.15) is 13.3 Å². The molecule has 1 aromatic rings. The summed E-state index contributed by atoms with van der Waals surface area (Å²) in [5, 5.41) is 2.85. The zero-order valence-corrected chi connectivity index (χ0v) is 11.0. The highest BCUT2D eigenvalue weighted by Gasteiger charge is 2.30. The lowest BCUT2D eigenvalue weighted by Crippen LogP contribution is -2.28. The van der Waals surface area contributed by atoms with Gasteiger partial charge in [0.1, 0.15) is 5.82 Å². The smallest absolute Gasteiger partial charge is 0.231 e. The number of aromatic nitrogens is 1. The summed E-state index contributed by atoms with van der Waals surface area (Å²) in [5.41, 5.74) is 1.01. The predicted octanol–water partition coefficient (Wildman–Crippen LogP) is 1.51. The Morgan fingerprint density at radius 2 is 2.33 bits per heavy atom. The third-order valence-corrected chi connectivity index (χ3v) is 3.22. The van der Waals surface area contributed by atoms with Crippen LogP contribution in [0.15, 0.2) is 18.3 Å². The molecule has 5 heteroatoms. The van der Waals surface area contributed by atoms with Crippen LogP contribution in [0.4, 0.5) is 11.5 Å². The van der Waals surface area contributed by atoms with Crippen molar-refractivity contribution >= 4 is 17.4 Å². The number of rotatable bonds is 3. The molecule has 1 aromatic heterocycles. The van der Waals surface area contributed by atoms with E-state index in [1.807, 2.05) is 38.1 Å². The van der Waals surface area contributed by atoms with Crippen molar-refractivity contribution in [2.45, 2.75) is 19.4 Å². The number of carbonyl (C=O) groups is 1. The Bertz CT molecular complexity index is 434. The second kappa shape index (κ2) is 5.35. The highest BCUT2D eigenvalue weighted by atomic mass is 16.5. The first-order valence-corrected chi connectivity index (χ1v) is 6.14. The average molecular weight is 249 g/mol. The molecule has 1 aliphatic rings. The maximum absolute atomic E-state index is 12.1. The Hall–Kier alpha value is -1.62. The van der Waals surface area contributed by atoms with Gasteiger partial charge in [0.15, 0.2) is 0 Å². The van der Waals surface area contributed by atoms with Gasteiger partial charge >= 0.3 is 0 Å². The minimum atomic E-state index is -0.0742. The molecule has 0 radical (unpaired) electrons. The molecule has 18 heavy (non-hydrogen) atoms. The molecule has 0 unspecified atom stereocenters. The third kappa shape index (κ3) is 2.79. The van der Waals surface area contributed by atoms with E-state index in [9.17, 15) is 4.79 Å². The van der Waals surface area contributed by atoms with Gasteiger partial charge in [0.25, 0.3) is 0 Å². The molecule has 2 atom stereocenters. The Balaban J connectivity index is 2.04. The summed E-state index contributed by atoms with van der Waals surface area (Å²) in [6.07, 6.45) is 2.46. The van der Waals surface area contributed by atoms with Crippen LogP contribution in [-0.4, -0.2) is 37.7 Å². The summed E-state index contributed by atoms with van der Waals surface area (Å²) in [6.45, 7) is 2.59. The fourth-order valence-corrected chi connectivity index (χ4v) is 2.06. The molecule has 2 heterocycles. The molecule has 98 valence electrons. The number of ether oxygens (including phenoxy) is 1. The molecule has 2 rings (SSSR count). The fraction of sp³-hybridized carbons (Fsp3) is 0.538. The fourth-order valence-electron chi connectivity index (χ4n) is 2.06. The normalized spacial score (nSPS) is 22.8. The van der Waals surface area contributed by atoms with Crippen LogP contribution in [-0.2, 0) is 9.53 Å². The van der Waals surface area contributed by atoms with Gasteiger partial charge in [-0.05, 0) is 19.4 Å². The molecule has 5 nitrogen and oxygen atoms in total. The van der Waals surface area contributed by atoms with Gasteiger partial charge in [0.2, 0.25) is 5.91 Å². The summed E-state index contributed by atoms with van der Waals surface area (Å²) >= 11 is 0. The van der Waals surface area contributed by atoms with Gasteiger partial charge in [0, 0.05) is 38.7 Å². The van der Waals surface area contributed by atoms with Crippen molar-refractivity contribution in [1.82, 2.24) is 4.98 Å². The van der Waals surface area contributed by atoms with Crippen molar-refractivity contribution in [2.75, 3.05) is 30.9 Å². The standard InChI is InChI=1S/C13H19N3O2/c1-9-11(5-7-18-9)13(17)15-12-8-10(16(2)3)4-6-14-12/h4,6,8-9,11H,5,7H2,1-3H3,(H,14,15,17)/t9-,11-/m0/s1. The number of amides is 1. The highest BCUT2D eigenvalue weighted by molar-refractivity contribution is 5.92. The molecule has 1 N–H and O–H groups in total. The van der Waals surface area contributed by atoms with E-state index >= 15 is 0 Å². The van der Waals surface area contributed by atoms with Gasteiger partial charge < -0.3 is 15.0 Å². The molecular formula is C13H19N3O2. The molecule has 0 spiro atoms. The maximum Gasteiger partial charge on any atom is 0.231 e. The first-order valence-electron chi connectivity index (χ1n) is 6.14. The lowest BCUT2D eigenvalue weighted by atomic mass is 10.0. The molecule has 0 aliphatic carbocycles. The lowest BCUT2D eigenvalue weighted by Gasteiger charge is -2.16. The van der Waals surface area contributed by atoms with Crippen LogP contribution >= 0.6 is 0 Å². The van der Waals surface area contributed by atoms with E-state index in [0.29, 0.717) is 12.4 Å². The lowest BCUT2D eigenvalue weighted by molar-refractivity contribution is -0.121. The van der Waals surface area contributed by atoms with E-state index in [2.05, 4.69) is 10.3 Å². The number of hydrogen-bond acceptors (Lipinski definition) is 4. The summed E-state index contributed by atoms with van der Waals surface area (Å²) in [4.78, 5) is 18.2. The Morgan fingerprint density at radius 1 is 1.56 bits per heavy atom. The van der Waals surface area contributed by atoms with Gasteiger partial charge in [-0.2, -0.15) is 0 Å². The van der Waals surface area contributed by atoms with E-state index < -0.39 is 0 Å². The van der Waals surface area contributed by atoms with Crippen LogP contribution < -0.4 is 10.2 Å². The first-order chi connectivity index (χ1) is 8.58. The summed E-state index contributed by atoms with van der Waals surface area (Å²) in [5.74, 6) is 0.503. The van der Waals surface area contributed by atoms with Crippen molar-refractivity contribution in [2.24, 2.45) is 5.92 Å². The number of pyridine rings is 1. The SMILES string of the molecule is C[C@@H]1OCC[C@@H]1C(=O)Nc1cc(N(C)C)ccn1. The largest absolute Gasteiger partial charge is 0.378 e. The molecule has 1 amide bonds. The van der Waals surface area contributed by atoms with Crippen LogP contribution in [0.3, 0.4) is 0 Å². The zero-order chi connectivity index (χ0) is 13.1. The second-order valence-electron chi connectivity index (χ2n) is 4.75. The molecule has 0 bridgehead atoms. The second-order valence-corrected chi connectivity index (χ2v) is 4.75. The topological polar surface area (TPSA) is 54.5 Å². The van der Waals surface area contributed by atoms with Gasteiger partial charge in [-0.15, -0.1) is 0 Å². The Kier molecular flexibility index (Phi) is 3.81. The number of anilines is 2. The number of carbonyl (C=O) groups excluding carboxylic acids is 1. The monoisotopic (exact) mass is 249 g/mol. The Labute approximate surface area is 107 Å². The predicted molar refractivity (Wildman–Crippen MR) is 70.7 cm³/mol. The van der Waals surface area contributed by atoms with E-state index in [0.717, 1.165) is 12.1 Å². The summed E-state index contributed by atoms with van der Waals surface area (Å²) in [7, 11) is 3.90. The van der Waals surface area contributed by atoms with Crippen LogP contribution in [0.25, 0.3) is 0 Å². The Morgan fingerprint density at radius 3 is 2.94 bits per heavy atom. The van der Waals surface area contributed by atoms with E-state index in [4.69, 9.17) is 4.74 Å². The van der Waals surface area contributed by atoms with Crippen molar-refractivity contribution in [1.29, 1.82) is 0 Å². The highest BCUT2D eigenvalue weighted by Crippen LogP contribution is 2.22. The molecular weight excluding hydrogens is 230 g/mol. The maximum atomic E-state index is 12.1. The van der Waals surface area contributed by atoms with Crippen molar-refractivity contribution in [3.05, 3.63) is 18.3 Å². The van der Waals surface area contributed by atoms with Crippen molar-refractivity contribution < 1.29 is 9.53 Å². The zero-order valence-electron chi connectivity index (χ0n) is 11.0.